The molecule has 0 saturated carbocycles. The first-order valence-electron chi connectivity index (χ1n) is 5.89. The van der Waals surface area contributed by atoms with E-state index in [-0.39, 0.29) is 6.29 Å². The van der Waals surface area contributed by atoms with Crippen LogP contribution in [0.2, 0.25) is 0 Å². The number of ether oxygens (including phenoxy) is 2. The zero-order chi connectivity index (χ0) is 10.8. The van der Waals surface area contributed by atoms with Crippen LogP contribution in [0.3, 0.4) is 0 Å². The fourth-order valence-corrected chi connectivity index (χ4v) is 1.49. The standard InChI is InChI=1S/C12H26O2/c1-5-6-7-8-9-10-11(2)14-12(3)13-4/h11-12H,5-10H2,1-4H3. The molecule has 0 spiro atoms. The molecule has 0 bridgehead atoms. The highest BCUT2D eigenvalue weighted by atomic mass is 16.7. The van der Waals surface area contributed by atoms with Gasteiger partial charge in [-0.05, 0) is 20.3 Å². The molecule has 0 rings (SSSR count). The van der Waals surface area contributed by atoms with Gasteiger partial charge in [0.05, 0.1) is 6.10 Å². The molecule has 2 nitrogen and oxygen atoms in total. The van der Waals surface area contributed by atoms with Gasteiger partial charge in [-0.25, -0.2) is 0 Å². The molecule has 14 heavy (non-hydrogen) atoms. The monoisotopic (exact) mass is 202 g/mol. The van der Waals surface area contributed by atoms with Gasteiger partial charge >= 0.3 is 0 Å². The largest absolute Gasteiger partial charge is 0.356 e. The first-order chi connectivity index (χ1) is 6.70. The van der Waals surface area contributed by atoms with Crippen LogP contribution in [0, 0.1) is 0 Å². The van der Waals surface area contributed by atoms with Gasteiger partial charge in [-0.3, -0.25) is 0 Å². The van der Waals surface area contributed by atoms with Gasteiger partial charge in [0.15, 0.2) is 6.29 Å². The lowest BCUT2D eigenvalue weighted by atomic mass is 10.1. The second-order valence-corrected chi connectivity index (χ2v) is 3.95. The van der Waals surface area contributed by atoms with Crippen LogP contribution < -0.4 is 0 Å². The summed E-state index contributed by atoms with van der Waals surface area (Å²) < 4.78 is 10.6. The quantitative estimate of drug-likeness (QED) is 0.419. The van der Waals surface area contributed by atoms with Crippen LogP contribution in [0.5, 0.6) is 0 Å². The fraction of sp³-hybridized carbons (Fsp3) is 1.00. The molecule has 0 radical (unpaired) electrons. The van der Waals surface area contributed by atoms with E-state index in [0.717, 1.165) is 6.42 Å². The predicted octanol–water partition coefficient (Wildman–Crippen LogP) is 3.74. The summed E-state index contributed by atoms with van der Waals surface area (Å²) in [6.07, 6.45) is 8.06. The average Bonchev–Trinajstić information content (AvgIpc) is 2.17. The Labute approximate surface area is 89.0 Å². The van der Waals surface area contributed by atoms with E-state index in [1.54, 1.807) is 7.11 Å². The van der Waals surface area contributed by atoms with Crippen molar-refractivity contribution in [2.45, 2.75) is 71.7 Å². The van der Waals surface area contributed by atoms with Crippen molar-refractivity contribution in [3.05, 3.63) is 0 Å². The van der Waals surface area contributed by atoms with E-state index in [0.29, 0.717) is 6.10 Å². The van der Waals surface area contributed by atoms with Crippen LogP contribution in [-0.4, -0.2) is 19.5 Å². The average molecular weight is 202 g/mol. The van der Waals surface area contributed by atoms with Crippen LogP contribution >= 0.6 is 0 Å². The van der Waals surface area contributed by atoms with Crippen molar-refractivity contribution in [1.82, 2.24) is 0 Å². The number of hydrogen-bond acceptors (Lipinski definition) is 2. The number of methoxy groups -OCH3 is 1. The van der Waals surface area contributed by atoms with Gasteiger partial charge in [0.1, 0.15) is 0 Å². The van der Waals surface area contributed by atoms with E-state index < -0.39 is 0 Å². The van der Waals surface area contributed by atoms with Crippen LogP contribution in [0.15, 0.2) is 0 Å². The molecule has 86 valence electrons. The molecule has 0 fully saturated rings. The molecule has 2 atom stereocenters. The molecule has 0 saturated heterocycles. The van der Waals surface area contributed by atoms with Crippen molar-refractivity contribution in [3.8, 4) is 0 Å². The van der Waals surface area contributed by atoms with Crippen LogP contribution in [0.4, 0.5) is 0 Å². The lowest BCUT2D eigenvalue weighted by Crippen LogP contribution is -2.18. The number of hydrogen-bond donors (Lipinski definition) is 0. The maximum atomic E-state index is 5.58. The Hall–Kier alpha value is -0.0800. The molecule has 0 heterocycles. The highest BCUT2D eigenvalue weighted by Gasteiger charge is 2.06. The summed E-state index contributed by atoms with van der Waals surface area (Å²) in [5.74, 6) is 0. The van der Waals surface area contributed by atoms with Gasteiger partial charge in [0.2, 0.25) is 0 Å². The SMILES string of the molecule is CCCCCCCC(C)OC(C)OC. The zero-order valence-electron chi connectivity index (χ0n) is 10.2. The maximum Gasteiger partial charge on any atom is 0.154 e. The predicted molar refractivity (Wildman–Crippen MR) is 60.4 cm³/mol. The Morgan fingerprint density at radius 3 is 2.21 bits per heavy atom. The minimum atomic E-state index is -0.0689. The molecule has 0 aromatic carbocycles. The Bertz CT molecular complexity index is 115. The summed E-state index contributed by atoms with van der Waals surface area (Å²) in [5.41, 5.74) is 0. The van der Waals surface area contributed by atoms with Crippen LogP contribution in [0.1, 0.15) is 59.3 Å². The van der Waals surface area contributed by atoms with Crippen molar-refractivity contribution in [2.75, 3.05) is 7.11 Å². The van der Waals surface area contributed by atoms with Crippen molar-refractivity contribution < 1.29 is 9.47 Å². The fourth-order valence-electron chi connectivity index (χ4n) is 1.49. The summed E-state index contributed by atoms with van der Waals surface area (Å²) in [5, 5.41) is 0. The molecule has 2 unspecified atom stereocenters. The second-order valence-electron chi connectivity index (χ2n) is 3.95. The number of unbranched alkanes of at least 4 members (excludes halogenated alkanes) is 4. The minimum absolute atomic E-state index is 0.0689. The summed E-state index contributed by atoms with van der Waals surface area (Å²) in [6, 6.07) is 0. The Balaban J connectivity index is 3.22. The lowest BCUT2D eigenvalue weighted by molar-refractivity contribution is -0.140. The molecular weight excluding hydrogens is 176 g/mol. The van der Waals surface area contributed by atoms with Crippen molar-refractivity contribution in [2.24, 2.45) is 0 Å². The summed E-state index contributed by atoms with van der Waals surface area (Å²) >= 11 is 0. The molecule has 0 aliphatic heterocycles. The molecule has 0 N–H and O–H groups in total. The molecule has 0 aliphatic carbocycles. The van der Waals surface area contributed by atoms with E-state index in [9.17, 15) is 0 Å². The third-order valence-corrected chi connectivity index (χ3v) is 2.47. The van der Waals surface area contributed by atoms with Crippen LogP contribution in [0.25, 0.3) is 0 Å². The lowest BCUT2D eigenvalue weighted by Gasteiger charge is -2.17. The topological polar surface area (TPSA) is 18.5 Å². The van der Waals surface area contributed by atoms with E-state index >= 15 is 0 Å². The third kappa shape index (κ3) is 8.52. The van der Waals surface area contributed by atoms with E-state index in [1.165, 1.54) is 32.1 Å². The third-order valence-electron chi connectivity index (χ3n) is 2.47. The molecule has 0 aromatic heterocycles. The molecular formula is C12H26O2. The highest BCUT2D eigenvalue weighted by molar-refractivity contribution is 4.52. The van der Waals surface area contributed by atoms with E-state index in [1.807, 2.05) is 6.92 Å². The molecule has 0 aromatic rings. The van der Waals surface area contributed by atoms with Crippen molar-refractivity contribution >= 4 is 0 Å². The van der Waals surface area contributed by atoms with Gasteiger partial charge in [-0.15, -0.1) is 0 Å². The van der Waals surface area contributed by atoms with Gasteiger partial charge < -0.3 is 9.47 Å². The normalized spacial score (nSPS) is 15.4. The summed E-state index contributed by atoms with van der Waals surface area (Å²) in [7, 11) is 1.68. The van der Waals surface area contributed by atoms with Crippen molar-refractivity contribution in [1.29, 1.82) is 0 Å². The Morgan fingerprint density at radius 1 is 1.00 bits per heavy atom. The minimum Gasteiger partial charge on any atom is -0.356 e. The zero-order valence-corrected chi connectivity index (χ0v) is 10.2. The van der Waals surface area contributed by atoms with Crippen LogP contribution in [-0.2, 0) is 9.47 Å². The first kappa shape index (κ1) is 13.9. The number of rotatable bonds is 9. The molecule has 2 heteroatoms. The van der Waals surface area contributed by atoms with Crippen molar-refractivity contribution in [3.63, 3.8) is 0 Å². The van der Waals surface area contributed by atoms with Gasteiger partial charge in [-0.2, -0.15) is 0 Å². The van der Waals surface area contributed by atoms with Gasteiger partial charge in [-0.1, -0.05) is 39.0 Å². The summed E-state index contributed by atoms with van der Waals surface area (Å²) in [6.45, 7) is 6.30. The van der Waals surface area contributed by atoms with E-state index in [2.05, 4.69) is 13.8 Å². The van der Waals surface area contributed by atoms with Gasteiger partial charge in [0, 0.05) is 7.11 Å². The maximum absolute atomic E-state index is 5.58. The summed E-state index contributed by atoms with van der Waals surface area (Å²) in [4.78, 5) is 0. The Morgan fingerprint density at radius 2 is 1.64 bits per heavy atom. The smallest absolute Gasteiger partial charge is 0.154 e. The van der Waals surface area contributed by atoms with E-state index in [4.69, 9.17) is 9.47 Å². The van der Waals surface area contributed by atoms with Gasteiger partial charge in [0.25, 0.3) is 0 Å². The highest BCUT2D eigenvalue weighted by Crippen LogP contribution is 2.10. The molecule has 0 aliphatic rings. The Kier molecular flexibility index (Phi) is 9.42. The molecule has 0 amide bonds. The first-order valence-corrected chi connectivity index (χ1v) is 5.89. The second kappa shape index (κ2) is 9.47.